The highest BCUT2D eigenvalue weighted by molar-refractivity contribution is 6.81. The lowest BCUT2D eigenvalue weighted by Crippen LogP contribution is -2.73. The van der Waals surface area contributed by atoms with Gasteiger partial charge >= 0.3 is 68.1 Å². The minimum atomic E-state index is -8.35. The molecule has 0 amide bonds. The number of hydrogen-bond acceptors (Lipinski definition) is 2. The maximum atomic E-state index is 11.9. The molecule has 0 bridgehead atoms. The predicted molar refractivity (Wildman–Crippen MR) is 91.1 cm³/mol. The summed E-state index contributed by atoms with van der Waals surface area (Å²) < 4.78 is 213. The van der Waals surface area contributed by atoms with Gasteiger partial charge in [0, 0.05) is 17.4 Å². The molecule has 0 spiro atoms. The first-order valence-corrected chi connectivity index (χ1v) is 9.89. The summed E-state index contributed by atoms with van der Waals surface area (Å²) in [7, 11) is -16.3. The van der Waals surface area contributed by atoms with Gasteiger partial charge in [-0.2, -0.15) is 79.0 Å². The molecule has 0 aromatic heterocycles. The Kier molecular flexibility index (Phi) is 32.5. The van der Waals surface area contributed by atoms with E-state index in [-0.39, 0.29) is 57.6 Å². The van der Waals surface area contributed by atoms with E-state index in [4.69, 9.17) is 4.80 Å². The second-order valence-electron chi connectivity index (χ2n) is 4.50. The zero-order chi connectivity index (χ0) is 24.7. The van der Waals surface area contributed by atoms with Crippen molar-refractivity contribution < 1.29 is 120 Å². The fraction of sp³-hybridized carbons (Fsp3) is 1.00. The molecule has 0 aromatic carbocycles. The monoisotopic (exact) mass is 681 g/mol. The maximum Gasteiger partial charge on any atom is 0.545 e. The van der Waals surface area contributed by atoms with Crippen LogP contribution in [0.5, 0.6) is 0 Å². The average molecular weight is 681 g/mol. The minimum Gasteiger partial charge on any atom is -0.541 e. The van der Waals surface area contributed by atoms with Gasteiger partial charge in [-0.25, -0.2) is 0 Å². The predicted octanol–water partition coefficient (Wildman–Crippen LogP) is -0.128. The van der Waals surface area contributed by atoms with Crippen LogP contribution in [0.4, 0.5) is 79.0 Å². The summed E-state index contributed by atoms with van der Waals surface area (Å²) in [6.45, 7) is 0. The summed E-state index contributed by atoms with van der Waals surface area (Å²) in [5.41, 5.74) is 0. The quantitative estimate of drug-likeness (QED) is 0.296. The Hall–Kier alpha value is -0.0813. The van der Waals surface area contributed by atoms with Crippen molar-refractivity contribution in [1.29, 1.82) is 0 Å². The fourth-order valence-corrected chi connectivity index (χ4v) is 4.70. The van der Waals surface area contributed by atoms with E-state index < -0.39 is 51.4 Å². The van der Waals surface area contributed by atoms with Crippen LogP contribution in [0.1, 0.15) is 7.43 Å². The van der Waals surface area contributed by atoms with Gasteiger partial charge in [0.05, 0.1) is 0 Å². The van der Waals surface area contributed by atoms with E-state index in [0.29, 0.717) is 16.6 Å². The molecule has 0 heterocycles. The van der Waals surface area contributed by atoms with Crippen molar-refractivity contribution in [3.63, 3.8) is 0 Å². The largest absolute Gasteiger partial charge is 0.545 e. The summed E-state index contributed by atoms with van der Waals surface area (Å²) in [5, 5.41) is 0. The molecule has 0 atom stereocenters. The van der Waals surface area contributed by atoms with Crippen LogP contribution >= 0.6 is 0 Å². The summed E-state index contributed by atoms with van der Waals surface area (Å²) in [6.07, 6.45) is 0. The second-order valence-corrected chi connectivity index (χ2v) is 11.6. The van der Waals surface area contributed by atoms with Gasteiger partial charge in [-0.3, -0.25) is 0 Å². The second kappa shape index (κ2) is 18.3. The van der Waals surface area contributed by atoms with Crippen molar-refractivity contribution in [3.8, 4) is 0 Å². The van der Waals surface area contributed by atoms with Crippen LogP contribution in [0.2, 0.25) is 0 Å². The zero-order valence-electron chi connectivity index (χ0n) is 15.8. The van der Waals surface area contributed by atoms with Crippen LogP contribution in [0.3, 0.4) is 0 Å². The number of hydrogen-bond donors (Lipinski definition) is 1. The first kappa shape index (κ1) is 65.7. The molecular weight excluding hydrogens is 664 g/mol. The molecule has 233 valence electrons. The molecule has 5 radical (unpaired) electrons. The third kappa shape index (κ3) is 12.8. The molecule has 0 aliphatic rings. The van der Waals surface area contributed by atoms with E-state index in [2.05, 4.69) is 3.48 Å². The van der Waals surface area contributed by atoms with Crippen molar-refractivity contribution in [2.24, 2.45) is 0 Å². The molecule has 0 aromatic rings. The smallest absolute Gasteiger partial charge is 0.541 e. The average Bonchev–Trinajstić information content (AvgIpc) is 2.29. The normalized spacial score (nSPS) is 12.3. The zero-order valence-corrected chi connectivity index (χ0v) is 20.1. The Morgan fingerprint density at radius 3 is 0.568 bits per heavy atom. The van der Waals surface area contributed by atoms with Gasteiger partial charge in [-0.15, -0.1) is 0 Å². The van der Waals surface area contributed by atoms with Crippen molar-refractivity contribution in [2.45, 2.75) is 42.2 Å². The number of alkyl halides is 18. The Bertz CT molecular complexity index is 487. The standard InChI is InChI=1S/C3HF9OSi.C3F9OSi.CH4.2Al.6H2O/c2*4-1(5,6)14(13,2(7,8)9)3(10,11)12;;;;;;;;;/h13H;;1H4;;;6*1H2/q;-1;;;+1;;;;;;. The summed E-state index contributed by atoms with van der Waals surface area (Å²) in [6, 6.07) is 0. The van der Waals surface area contributed by atoms with Gasteiger partial charge in [0.15, 0.2) is 0 Å². The van der Waals surface area contributed by atoms with E-state index in [1.807, 2.05) is 0 Å². The van der Waals surface area contributed by atoms with Gasteiger partial charge < -0.3 is 41.1 Å². The van der Waals surface area contributed by atoms with Crippen LogP contribution in [-0.4, -0.2) is 123 Å². The van der Waals surface area contributed by atoms with Gasteiger partial charge in [0.1, 0.15) is 0 Å². The first-order valence-electron chi connectivity index (χ1n) is 5.57. The van der Waals surface area contributed by atoms with E-state index in [1.54, 1.807) is 0 Å². The van der Waals surface area contributed by atoms with Crippen molar-refractivity contribution in [1.82, 2.24) is 0 Å². The molecule has 0 saturated heterocycles. The van der Waals surface area contributed by atoms with E-state index >= 15 is 0 Å². The maximum absolute atomic E-state index is 11.9. The molecule has 0 unspecified atom stereocenters. The highest BCUT2D eigenvalue weighted by Gasteiger charge is 2.89. The van der Waals surface area contributed by atoms with Gasteiger partial charge in [-0.05, 0) is 0 Å². The first-order chi connectivity index (χ1) is 12.1. The Morgan fingerprint density at radius 2 is 0.568 bits per heavy atom. The number of rotatable bonds is 1. The third-order valence-corrected chi connectivity index (χ3v) is 8.88. The summed E-state index contributed by atoms with van der Waals surface area (Å²) in [4.78, 5) is 7.78. The van der Waals surface area contributed by atoms with E-state index in [9.17, 15) is 79.0 Å². The SMILES string of the molecule is C.FC(F)(F)[Si]([O][Al])(C(F)(F)F)C(F)(F)F.O.O.O.O.O.O.O[Si](C(F)(F)F)(C(F)(F)F)C(F)(F)F.[Al]. The van der Waals surface area contributed by atoms with Crippen LogP contribution in [0.15, 0.2) is 0 Å². The molecule has 0 aliphatic heterocycles. The third-order valence-electron chi connectivity index (χ3n) is 2.61. The van der Waals surface area contributed by atoms with Crippen LogP contribution in [0, 0.1) is 0 Å². The van der Waals surface area contributed by atoms with E-state index in [1.165, 1.54) is 0 Å². The Morgan fingerprint density at radius 1 is 0.432 bits per heavy atom. The fourth-order valence-electron chi connectivity index (χ4n) is 1.16. The number of halogens is 18. The summed E-state index contributed by atoms with van der Waals surface area (Å²) >= 11 is 0.387. The highest BCUT2D eigenvalue weighted by atomic mass is 28.4. The lowest BCUT2D eigenvalue weighted by atomic mass is 11.4. The van der Waals surface area contributed by atoms with Crippen LogP contribution in [-0.2, 0) is 3.48 Å². The molecule has 0 aliphatic carbocycles. The Balaban J connectivity index is -0.0000000406. The summed E-state index contributed by atoms with van der Waals surface area (Å²) in [5.74, 6) is -39.8. The van der Waals surface area contributed by atoms with Gasteiger partial charge in [0.25, 0.3) is 0 Å². The topological polar surface area (TPSA) is 218 Å². The van der Waals surface area contributed by atoms with Crippen molar-refractivity contribution >= 4 is 50.6 Å². The van der Waals surface area contributed by atoms with E-state index in [0.717, 1.165) is 0 Å². The highest BCUT2D eigenvalue weighted by Crippen LogP contribution is 2.50. The Labute approximate surface area is 213 Å². The van der Waals surface area contributed by atoms with Gasteiger partial charge in [-0.1, -0.05) is 7.43 Å². The molecular formula is C7H17Al2F18O8Si2. The molecule has 37 heavy (non-hydrogen) atoms. The molecule has 13 N–H and O–H groups in total. The van der Waals surface area contributed by atoms with Crippen molar-refractivity contribution in [3.05, 3.63) is 0 Å². The molecule has 8 nitrogen and oxygen atoms in total. The van der Waals surface area contributed by atoms with Gasteiger partial charge in [0.2, 0.25) is 0 Å². The lowest BCUT2D eigenvalue weighted by Gasteiger charge is -2.35. The van der Waals surface area contributed by atoms with Crippen LogP contribution < -0.4 is 0 Å². The van der Waals surface area contributed by atoms with Crippen molar-refractivity contribution in [2.75, 3.05) is 0 Å². The molecule has 30 heteroatoms. The molecule has 0 rings (SSSR count). The molecule has 0 fully saturated rings. The minimum absolute atomic E-state index is 0. The van der Waals surface area contributed by atoms with Crippen LogP contribution in [0.25, 0.3) is 0 Å². The molecule has 0 saturated carbocycles. The lowest BCUT2D eigenvalue weighted by molar-refractivity contribution is -0.187.